The maximum absolute atomic E-state index is 13.1. The minimum absolute atomic E-state index is 0.108. The third kappa shape index (κ3) is 72.4. The molecule has 0 spiro atoms. The number of phosphoric acid groups is 2. The highest BCUT2D eigenvalue weighted by molar-refractivity contribution is 7.47. The number of phosphoric ester groups is 2. The molecule has 2 unspecified atom stereocenters. The Morgan fingerprint density at radius 3 is 0.694 bits per heavy atom. The van der Waals surface area contributed by atoms with Crippen molar-refractivity contribution in [3.63, 3.8) is 0 Å². The van der Waals surface area contributed by atoms with Crippen molar-refractivity contribution in [1.82, 2.24) is 0 Å². The summed E-state index contributed by atoms with van der Waals surface area (Å²) in [5.74, 6) is -1.29. The van der Waals surface area contributed by atoms with Crippen LogP contribution in [-0.4, -0.2) is 96.7 Å². The van der Waals surface area contributed by atoms with Crippen LogP contribution in [0.4, 0.5) is 0 Å². The molecule has 0 saturated carbocycles. The first-order valence-corrected chi connectivity index (χ1v) is 44.1. The quantitative estimate of drug-likeness (QED) is 0.0222. The number of ether oxygens (including phenoxy) is 4. The van der Waals surface area contributed by atoms with Crippen molar-refractivity contribution < 1.29 is 80.2 Å². The van der Waals surface area contributed by atoms with Gasteiger partial charge in [-0.05, 0) is 31.6 Å². The third-order valence-corrected chi connectivity index (χ3v) is 20.4. The fourth-order valence-corrected chi connectivity index (χ4v) is 13.8. The Kier molecular flexibility index (Phi) is 70.6. The second-order valence-electron chi connectivity index (χ2n) is 28.9. The Bertz CT molecular complexity index is 1870. The standard InChI is InChI=1S/C79H154O17P2/c1-6-9-12-15-18-21-23-25-26-32-36-39-43-48-53-58-63-77(82)90-69-75(96-79(84)65-60-55-50-45-41-37-33-30-28-27-29-31-35-38-42-46-51-56-61-72(4)5)71-94-98(87,88)92-67-73(80)66-91-97(85,86)93-70-74(68-89-76(81)62-57-52-47-20-17-14-11-8-3)95-78(83)64-59-54-49-44-40-34-24-22-19-16-13-10-7-2/h72-75,80H,6-71H2,1-5H3,(H,85,86)(H,87,88)/t73-,74+,75+/m0/s1. The maximum atomic E-state index is 13.1. The van der Waals surface area contributed by atoms with E-state index in [0.717, 1.165) is 102 Å². The van der Waals surface area contributed by atoms with E-state index in [1.165, 1.54) is 238 Å². The van der Waals surface area contributed by atoms with Crippen LogP contribution in [0, 0.1) is 5.92 Å². The van der Waals surface area contributed by atoms with Gasteiger partial charge >= 0.3 is 39.5 Å². The first kappa shape index (κ1) is 96.1. The van der Waals surface area contributed by atoms with Crippen LogP contribution in [0.5, 0.6) is 0 Å². The molecule has 582 valence electrons. The van der Waals surface area contributed by atoms with Gasteiger partial charge in [0.05, 0.1) is 26.4 Å². The summed E-state index contributed by atoms with van der Waals surface area (Å²) in [6.07, 6.45) is 62.5. The first-order chi connectivity index (χ1) is 47.5. The van der Waals surface area contributed by atoms with E-state index in [1.807, 2.05) is 0 Å². The molecule has 17 nitrogen and oxygen atoms in total. The number of hydrogen-bond acceptors (Lipinski definition) is 15. The summed E-state index contributed by atoms with van der Waals surface area (Å²) in [7, 11) is -9.91. The van der Waals surface area contributed by atoms with Crippen molar-refractivity contribution in [3.8, 4) is 0 Å². The first-order valence-electron chi connectivity index (χ1n) is 41.1. The molecule has 0 fully saturated rings. The minimum Gasteiger partial charge on any atom is -0.462 e. The number of rotatable bonds is 79. The van der Waals surface area contributed by atoms with Crippen LogP contribution in [-0.2, 0) is 65.4 Å². The van der Waals surface area contributed by atoms with E-state index >= 15 is 0 Å². The van der Waals surface area contributed by atoms with Gasteiger partial charge in [-0.25, -0.2) is 9.13 Å². The van der Waals surface area contributed by atoms with E-state index in [-0.39, 0.29) is 25.7 Å². The summed E-state index contributed by atoms with van der Waals surface area (Å²) < 4.78 is 68.6. The normalized spacial score (nSPS) is 13.9. The lowest BCUT2D eigenvalue weighted by Gasteiger charge is -2.21. The average molecular weight is 1440 g/mol. The van der Waals surface area contributed by atoms with E-state index in [4.69, 9.17) is 37.0 Å². The molecule has 19 heteroatoms. The molecule has 0 aliphatic rings. The molecular formula is C79H154O17P2. The van der Waals surface area contributed by atoms with Crippen LogP contribution in [0.3, 0.4) is 0 Å². The molecule has 0 saturated heterocycles. The second kappa shape index (κ2) is 72.0. The largest absolute Gasteiger partial charge is 0.472 e. The fourth-order valence-electron chi connectivity index (χ4n) is 12.2. The number of carbonyl (C=O) groups is 4. The highest BCUT2D eigenvalue weighted by Gasteiger charge is 2.30. The fraction of sp³-hybridized carbons (Fsp3) is 0.949. The molecule has 0 aromatic rings. The van der Waals surface area contributed by atoms with Crippen LogP contribution >= 0.6 is 15.6 Å². The Labute approximate surface area is 600 Å². The highest BCUT2D eigenvalue weighted by Crippen LogP contribution is 2.45. The monoisotopic (exact) mass is 1440 g/mol. The zero-order valence-electron chi connectivity index (χ0n) is 63.9. The van der Waals surface area contributed by atoms with Gasteiger partial charge in [0.15, 0.2) is 12.2 Å². The van der Waals surface area contributed by atoms with Gasteiger partial charge in [-0.2, -0.15) is 0 Å². The van der Waals surface area contributed by atoms with E-state index in [1.54, 1.807) is 0 Å². The van der Waals surface area contributed by atoms with Crippen molar-refractivity contribution in [3.05, 3.63) is 0 Å². The summed E-state index contributed by atoms with van der Waals surface area (Å²) in [6, 6.07) is 0. The zero-order chi connectivity index (χ0) is 71.9. The van der Waals surface area contributed by atoms with Crippen LogP contribution in [0.1, 0.15) is 420 Å². The van der Waals surface area contributed by atoms with Crippen LogP contribution < -0.4 is 0 Å². The van der Waals surface area contributed by atoms with Crippen LogP contribution in [0.2, 0.25) is 0 Å². The SMILES string of the molecule is CCCCCCCCCCCCCCCCCCC(=O)OC[C@H](COP(=O)(O)OC[C@@H](O)COP(=O)(O)OC[C@@H](COC(=O)CCCCCCCCCC)OC(=O)CCCCCCCCCCCCCCC)OC(=O)CCCCCCCCCCCCCCCCCCCCC(C)C. The summed E-state index contributed by atoms with van der Waals surface area (Å²) >= 11 is 0. The number of aliphatic hydroxyl groups excluding tert-OH is 1. The topological polar surface area (TPSA) is 237 Å². The molecule has 0 bridgehead atoms. The molecule has 3 N–H and O–H groups in total. The molecule has 0 aliphatic heterocycles. The van der Waals surface area contributed by atoms with E-state index in [2.05, 4.69) is 34.6 Å². The maximum Gasteiger partial charge on any atom is 0.472 e. The number of hydrogen-bond donors (Lipinski definition) is 3. The molecule has 0 radical (unpaired) electrons. The van der Waals surface area contributed by atoms with Crippen molar-refractivity contribution >= 4 is 39.5 Å². The Balaban J connectivity index is 5.18. The van der Waals surface area contributed by atoms with Gasteiger partial charge in [0.2, 0.25) is 0 Å². The van der Waals surface area contributed by atoms with Gasteiger partial charge in [-0.15, -0.1) is 0 Å². The van der Waals surface area contributed by atoms with Crippen LogP contribution in [0.25, 0.3) is 0 Å². The third-order valence-electron chi connectivity index (χ3n) is 18.5. The van der Waals surface area contributed by atoms with E-state index in [9.17, 15) is 43.2 Å². The lowest BCUT2D eigenvalue weighted by atomic mass is 10.0. The molecule has 0 rings (SSSR count). The van der Waals surface area contributed by atoms with Crippen molar-refractivity contribution in [2.24, 2.45) is 5.92 Å². The van der Waals surface area contributed by atoms with Gasteiger partial charge in [0.25, 0.3) is 0 Å². The lowest BCUT2D eigenvalue weighted by molar-refractivity contribution is -0.161. The molecule has 98 heavy (non-hydrogen) atoms. The van der Waals surface area contributed by atoms with Gasteiger partial charge in [0, 0.05) is 25.7 Å². The Hall–Kier alpha value is -1.94. The van der Waals surface area contributed by atoms with Gasteiger partial charge in [-0.3, -0.25) is 37.3 Å². The predicted octanol–water partition coefficient (Wildman–Crippen LogP) is 23.6. The number of unbranched alkanes of at least 4 members (excludes halogenated alkanes) is 51. The Morgan fingerprint density at radius 2 is 0.469 bits per heavy atom. The van der Waals surface area contributed by atoms with Gasteiger partial charge in [0.1, 0.15) is 19.3 Å². The average Bonchev–Trinajstić information content (AvgIpc) is 1.06. The molecular weight excluding hydrogens is 1280 g/mol. The van der Waals surface area contributed by atoms with Gasteiger partial charge < -0.3 is 33.8 Å². The molecule has 0 aliphatic carbocycles. The predicted molar refractivity (Wildman–Crippen MR) is 400 cm³/mol. The van der Waals surface area contributed by atoms with Gasteiger partial charge in [-0.1, -0.05) is 369 Å². The van der Waals surface area contributed by atoms with Crippen molar-refractivity contribution in [1.29, 1.82) is 0 Å². The second-order valence-corrected chi connectivity index (χ2v) is 31.8. The molecule has 0 amide bonds. The Morgan fingerprint density at radius 1 is 0.276 bits per heavy atom. The lowest BCUT2D eigenvalue weighted by Crippen LogP contribution is -2.30. The molecule has 0 aromatic heterocycles. The number of aliphatic hydroxyl groups is 1. The molecule has 0 heterocycles. The summed E-state index contributed by atoms with van der Waals surface area (Å²) in [5, 5.41) is 10.6. The zero-order valence-corrected chi connectivity index (χ0v) is 65.7. The summed E-state index contributed by atoms with van der Waals surface area (Å²) in [4.78, 5) is 72.8. The molecule has 5 atom stereocenters. The van der Waals surface area contributed by atoms with Crippen LogP contribution in [0.15, 0.2) is 0 Å². The molecule has 0 aromatic carbocycles. The van der Waals surface area contributed by atoms with E-state index < -0.39 is 97.5 Å². The minimum atomic E-state index is -4.96. The van der Waals surface area contributed by atoms with Crippen molar-refractivity contribution in [2.75, 3.05) is 39.6 Å². The summed E-state index contributed by atoms with van der Waals surface area (Å²) in [5.41, 5.74) is 0. The number of carbonyl (C=O) groups excluding carboxylic acids is 4. The smallest absolute Gasteiger partial charge is 0.462 e. The van der Waals surface area contributed by atoms with Crippen molar-refractivity contribution in [2.45, 2.75) is 438 Å². The number of esters is 4. The summed E-state index contributed by atoms with van der Waals surface area (Å²) in [6.45, 7) is 7.33. The van der Waals surface area contributed by atoms with E-state index in [0.29, 0.717) is 25.7 Å². The highest BCUT2D eigenvalue weighted by atomic mass is 31.2.